The van der Waals surface area contributed by atoms with Crippen LogP contribution in [0.15, 0.2) is 219 Å². The van der Waals surface area contributed by atoms with E-state index in [1.165, 1.54) is 76.8 Å². The van der Waals surface area contributed by atoms with Crippen LogP contribution in [0.2, 0.25) is 0 Å². The zero-order valence-electron chi connectivity index (χ0n) is 39.6. The lowest BCUT2D eigenvalue weighted by Crippen LogP contribution is -2.13. The third-order valence-electron chi connectivity index (χ3n) is 14.0. The van der Waals surface area contributed by atoms with Crippen molar-refractivity contribution in [3.63, 3.8) is 0 Å². The van der Waals surface area contributed by atoms with Gasteiger partial charge in [0, 0.05) is 67.3 Å². The van der Waals surface area contributed by atoms with Crippen molar-refractivity contribution in [1.82, 2.24) is 13.7 Å². The van der Waals surface area contributed by atoms with Crippen molar-refractivity contribution in [1.29, 1.82) is 0 Å². The third kappa shape index (κ3) is 6.90. The number of para-hydroxylation sites is 2. The standard InChI is InChI=1S/C64H54N4/c1-63(2,3)45-25-31-48(32-26-45)66(52-35-37-61-57(42-52)54-20-11-12-21-59(54)67(61)49-33-27-46(28-34-49)64(4,5)6)50-17-14-18-51(41-50)68-60-22-13-10-19-53(60)55-36-38-58-56(62(55)68)39-40-65(58)47-29-23-44(24-30-47)43-15-8-7-9-16-43/h7-42H,1-6H3. The predicted molar refractivity (Wildman–Crippen MR) is 289 cm³/mol. The normalized spacial score (nSPS) is 12.3. The summed E-state index contributed by atoms with van der Waals surface area (Å²) in [4.78, 5) is 2.43. The summed E-state index contributed by atoms with van der Waals surface area (Å²) in [6, 6.07) is 78.4. The first kappa shape index (κ1) is 41.4. The summed E-state index contributed by atoms with van der Waals surface area (Å²) in [7, 11) is 0. The van der Waals surface area contributed by atoms with Crippen LogP contribution in [-0.4, -0.2) is 13.7 Å². The van der Waals surface area contributed by atoms with Crippen LogP contribution in [0.1, 0.15) is 52.7 Å². The Labute approximate surface area is 398 Å². The summed E-state index contributed by atoms with van der Waals surface area (Å²) >= 11 is 0. The highest BCUT2D eigenvalue weighted by Gasteiger charge is 2.22. The number of nitrogens with zero attached hydrogens (tertiary/aromatic N) is 4. The highest BCUT2D eigenvalue weighted by atomic mass is 15.1. The Morgan fingerprint density at radius 2 is 0.868 bits per heavy atom. The smallest absolute Gasteiger partial charge is 0.0635 e. The third-order valence-corrected chi connectivity index (χ3v) is 14.0. The Balaban J connectivity index is 1.02. The molecule has 0 fully saturated rings. The molecule has 0 atom stereocenters. The molecule has 0 amide bonds. The molecule has 0 unspecified atom stereocenters. The van der Waals surface area contributed by atoms with Crippen molar-refractivity contribution in [3.8, 4) is 28.2 Å². The summed E-state index contributed by atoms with van der Waals surface area (Å²) in [5.41, 5.74) is 17.8. The van der Waals surface area contributed by atoms with Gasteiger partial charge in [-0.3, -0.25) is 0 Å². The van der Waals surface area contributed by atoms with Gasteiger partial charge in [0.05, 0.1) is 27.6 Å². The number of fused-ring (bicyclic) bond motifs is 8. The lowest BCUT2D eigenvalue weighted by molar-refractivity contribution is 0.590. The number of benzene rings is 9. The number of aromatic nitrogens is 3. The molecule has 0 aliphatic rings. The van der Waals surface area contributed by atoms with Crippen LogP contribution >= 0.6 is 0 Å². The van der Waals surface area contributed by atoms with Gasteiger partial charge in [-0.2, -0.15) is 0 Å². The molecule has 12 aromatic rings. The van der Waals surface area contributed by atoms with Gasteiger partial charge >= 0.3 is 0 Å². The van der Waals surface area contributed by atoms with E-state index < -0.39 is 0 Å². The van der Waals surface area contributed by atoms with Gasteiger partial charge in [-0.05, 0) is 130 Å². The number of hydrogen-bond donors (Lipinski definition) is 0. The fourth-order valence-corrected chi connectivity index (χ4v) is 10.4. The summed E-state index contributed by atoms with van der Waals surface area (Å²) in [6.07, 6.45) is 2.22. The first-order valence-corrected chi connectivity index (χ1v) is 23.8. The molecule has 9 aromatic carbocycles. The van der Waals surface area contributed by atoms with E-state index in [0.717, 1.165) is 34.1 Å². The minimum atomic E-state index is 0.0293. The molecule has 0 saturated carbocycles. The van der Waals surface area contributed by atoms with Crippen molar-refractivity contribution in [2.75, 3.05) is 4.90 Å². The van der Waals surface area contributed by atoms with Gasteiger partial charge in [-0.15, -0.1) is 0 Å². The van der Waals surface area contributed by atoms with Gasteiger partial charge in [0.2, 0.25) is 0 Å². The molecule has 4 nitrogen and oxygen atoms in total. The second-order valence-corrected chi connectivity index (χ2v) is 20.3. The molecule has 330 valence electrons. The van der Waals surface area contributed by atoms with Crippen LogP contribution in [0.4, 0.5) is 17.1 Å². The highest BCUT2D eigenvalue weighted by Crippen LogP contribution is 2.43. The fraction of sp³-hybridized carbons (Fsp3) is 0.125. The molecule has 0 aliphatic carbocycles. The molecule has 68 heavy (non-hydrogen) atoms. The van der Waals surface area contributed by atoms with Gasteiger partial charge in [0.25, 0.3) is 0 Å². The summed E-state index contributed by atoms with van der Waals surface area (Å²) < 4.78 is 7.21. The minimum Gasteiger partial charge on any atom is -0.316 e. The predicted octanol–water partition coefficient (Wildman–Crippen LogP) is 17.6. The van der Waals surface area contributed by atoms with Crippen LogP contribution < -0.4 is 4.90 Å². The quantitative estimate of drug-likeness (QED) is 0.156. The number of hydrogen-bond acceptors (Lipinski definition) is 1. The summed E-state index contributed by atoms with van der Waals surface area (Å²) in [6.45, 7) is 13.7. The van der Waals surface area contributed by atoms with Crippen molar-refractivity contribution in [2.24, 2.45) is 0 Å². The van der Waals surface area contributed by atoms with Crippen molar-refractivity contribution < 1.29 is 0 Å². The maximum Gasteiger partial charge on any atom is 0.0635 e. The van der Waals surface area contributed by atoms with Gasteiger partial charge in [0.15, 0.2) is 0 Å². The molecule has 0 bridgehead atoms. The SMILES string of the molecule is CC(C)(C)c1ccc(N(c2cccc(-n3c4ccccc4c4ccc5c(ccn5-c5ccc(-c6ccccc6)cc5)c43)c2)c2ccc3c(c2)c2ccccc2n3-c2ccc(C(C)(C)C)cc2)cc1. The zero-order valence-corrected chi connectivity index (χ0v) is 39.6. The molecule has 0 spiro atoms. The van der Waals surface area contributed by atoms with E-state index in [4.69, 9.17) is 0 Å². The maximum atomic E-state index is 2.47. The lowest BCUT2D eigenvalue weighted by atomic mass is 9.87. The second-order valence-electron chi connectivity index (χ2n) is 20.3. The van der Waals surface area contributed by atoms with Crippen LogP contribution in [-0.2, 0) is 10.8 Å². The number of rotatable bonds is 7. The van der Waals surface area contributed by atoms with E-state index in [1.807, 2.05) is 0 Å². The molecule has 0 saturated heterocycles. The van der Waals surface area contributed by atoms with Gasteiger partial charge in [-0.1, -0.05) is 157 Å². The monoisotopic (exact) mass is 878 g/mol. The lowest BCUT2D eigenvalue weighted by Gasteiger charge is -2.27. The van der Waals surface area contributed by atoms with E-state index in [-0.39, 0.29) is 10.8 Å². The number of anilines is 3. The van der Waals surface area contributed by atoms with Gasteiger partial charge in [0.1, 0.15) is 0 Å². The first-order chi connectivity index (χ1) is 33.0. The van der Waals surface area contributed by atoms with E-state index in [0.29, 0.717) is 0 Å². The van der Waals surface area contributed by atoms with E-state index >= 15 is 0 Å². The Hall–Kier alpha value is -8.08. The molecule has 0 radical (unpaired) electrons. The van der Waals surface area contributed by atoms with E-state index in [9.17, 15) is 0 Å². The van der Waals surface area contributed by atoms with Crippen molar-refractivity contribution in [3.05, 3.63) is 230 Å². The van der Waals surface area contributed by atoms with Crippen molar-refractivity contribution >= 4 is 71.6 Å². The molecule has 3 heterocycles. The molecule has 0 aliphatic heterocycles. The summed E-state index contributed by atoms with van der Waals surface area (Å²) in [5.74, 6) is 0. The molecule has 12 rings (SSSR count). The van der Waals surface area contributed by atoms with Gasteiger partial charge in [-0.25, -0.2) is 0 Å². The Morgan fingerprint density at radius 3 is 1.56 bits per heavy atom. The molecule has 4 heteroatoms. The van der Waals surface area contributed by atoms with Gasteiger partial charge < -0.3 is 18.6 Å². The fourth-order valence-electron chi connectivity index (χ4n) is 10.4. The molecule has 0 N–H and O–H groups in total. The molecular formula is C64H54N4. The largest absolute Gasteiger partial charge is 0.316 e. The maximum absolute atomic E-state index is 2.47. The van der Waals surface area contributed by atoms with E-state index in [1.54, 1.807) is 0 Å². The zero-order chi connectivity index (χ0) is 46.3. The van der Waals surface area contributed by atoms with E-state index in [2.05, 4.69) is 279 Å². The topological polar surface area (TPSA) is 18.0 Å². The Kier molecular flexibility index (Phi) is 9.60. The highest BCUT2D eigenvalue weighted by molar-refractivity contribution is 6.18. The Morgan fingerprint density at radius 1 is 0.324 bits per heavy atom. The van der Waals surface area contributed by atoms with Crippen molar-refractivity contribution in [2.45, 2.75) is 52.4 Å². The van der Waals surface area contributed by atoms with Crippen LogP contribution in [0.3, 0.4) is 0 Å². The second kappa shape index (κ2) is 15.8. The van der Waals surface area contributed by atoms with Crippen LogP contribution in [0, 0.1) is 0 Å². The first-order valence-electron chi connectivity index (χ1n) is 23.8. The molecular weight excluding hydrogens is 825 g/mol. The average molecular weight is 879 g/mol. The average Bonchev–Trinajstić information content (AvgIpc) is 4.05. The summed E-state index contributed by atoms with van der Waals surface area (Å²) in [5, 5.41) is 6.13. The minimum absolute atomic E-state index is 0.0293. The van der Waals surface area contributed by atoms with Crippen LogP contribution in [0.25, 0.3) is 82.7 Å². The molecule has 3 aromatic heterocycles. The van der Waals surface area contributed by atoms with Crippen LogP contribution in [0.5, 0.6) is 0 Å². The Bertz CT molecular complexity index is 3830.